The van der Waals surface area contributed by atoms with Gasteiger partial charge in [-0.3, -0.25) is 4.79 Å². The van der Waals surface area contributed by atoms with E-state index in [1.54, 1.807) is 18.2 Å². The van der Waals surface area contributed by atoms with Crippen LogP contribution in [0.15, 0.2) is 27.3 Å². The fourth-order valence-corrected chi connectivity index (χ4v) is 2.36. The van der Waals surface area contributed by atoms with E-state index >= 15 is 0 Å². The highest BCUT2D eigenvalue weighted by atomic mass is 79.9. The minimum atomic E-state index is -0.200. The number of furan rings is 1. The fraction of sp³-hybridized carbons (Fsp3) is 0.462. The normalized spacial score (nSPS) is 24.3. The van der Waals surface area contributed by atoms with Crippen molar-refractivity contribution >= 4 is 27.9 Å². The summed E-state index contributed by atoms with van der Waals surface area (Å²) < 4.78 is 5.90. The predicted octanol–water partition coefficient (Wildman–Crippen LogP) is 2.48. The second-order valence-electron chi connectivity index (χ2n) is 4.49. The number of aliphatic hydroxyl groups is 1. The number of carbonyl (C=O) groups is 1. The highest BCUT2D eigenvalue weighted by Gasteiger charge is 2.19. The average molecular weight is 314 g/mol. The SMILES string of the molecule is O=C(/C=C/c1ccc(Br)o1)NC1CCC(O)CC1. The highest BCUT2D eigenvalue weighted by molar-refractivity contribution is 9.10. The van der Waals surface area contributed by atoms with Crippen LogP contribution in [0.4, 0.5) is 0 Å². The van der Waals surface area contributed by atoms with Crippen LogP contribution >= 0.6 is 15.9 Å². The molecule has 1 amide bonds. The number of hydrogen-bond acceptors (Lipinski definition) is 3. The van der Waals surface area contributed by atoms with Crippen LogP contribution in [0, 0.1) is 0 Å². The maximum atomic E-state index is 11.7. The van der Waals surface area contributed by atoms with E-state index in [9.17, 15) is 9.90 Å². The molecule has 0 bridgehead atoms. The van der Waals surface area contributed by atoms with Gasteiger partial charge in [0.25, 0.3) is 0 Å². The zero-order valence-electron chi connectivity index (χ0n) is 9.93. The molecule has 2 rings (SSSR count). The molecule has 0 spiro atoms. The average Bonchev–Trinajstić information content (AvgIpc) is 2.76. The minimum absolute atomic E-state index is 0.121. The molecule has 98 valence electrons. The third-order valence-corrected chi connectivity index (χ3v) is 3.46. The van der Waals surface area contributed by atoms with Gasteiger partial charge in [-0.15, -0.1) is 0 Å². The summed E-state index contributed by atoms with van der Waals surface area (Å²) in [4.78, 5) is 11.7. The molecule has 1 aliphatic carbocycles. The van der Waals surface area contributed by atoms with Crippen LogP contribution in [0.5, 0.6) is 0 Å². The Morgan fingerprint density at radius 2 is 2.11 bits per heavy atom. The number of amides is 1. The van der Waals surface area contributed by atoms with E-state index in [4.69, 9.17) is 4.42 Å². The van der Waals surface area contributed by atoms with Crippen molar-refractivity contribution < 1.29 is 14.3 Å². The minimum Gasteiger partial charge on any atom is -0.450 e. The molecule has 4 nitrogen and oxygen atoms in total. The van der Waals surface area contributed by atoms with Gasteiger partial charge in [0, 0.05) is 12.1 Å². The van der Waals surface area contributed by atoms with Gasteiger partial charge >= 0.3 is 0 Å². The van der Waals surface area contributed by atoms with Gasteiger partial charge in [-0.05, 0) is 59.8 Å². The lowest BCUT2D eigenvalue weighted by molar-refractivity contribution is -0.117. The standard InChI is InChI=1S/C13H16BrNO3/c14-12-7-5-11(18-12)6-8-13(17)15-9-1-3-10(16)4-2-9/h5-10,16H,1-4H2,(H,15,17)/b8-6+. The molecular weight excluding hydrogens is 298 g/mol. The third kappa shape index (κ3) is 3.99. The number of carbonyl (C=O) groups excluding carboxylic acids is 1. The first kappa shape index (κ1) is 13.4. The Bertz CT molecular complexity index is 433. The zero-order chi connectivity index (χ0) is 13.0. The predicted molar refractivity (Wildman–Crippen MR) is 71.8 cm³/mol. The maximum Gasteiger partial charge on any atom is 0.244 e. The fourth-order valence-electron chi connectivity index (χ4n) is 2.05. The van der Waals surface area contributed by atoms with Crippen LogP contribution in [0.3, 0.4) is 0 Å². The Morgan fingerprint density at radius 1 is 1.39 bits per heavy atom. The van der Waals surface area contributed by atoms with Crippen molar-refractivity contribution in [3.05, 3.63) is 28.6 Å². The lowest BCUT2D eigenvalue weighted by Gasteiger charge is -2.25. The smallest absolute Gasteiger partial charge is 0.244 e. The van der Waals surface area contributed by atoms with Gasteiger partial charge in [0.2, 0.25) is 5.91 Å². The Hall–Kier alpha value is -1.07. The lowest BCUT2D eigenvalue weighted by atomic mass is 9.93. The van der Waals surface area contributed by atoms with Gasteiger partial charge in [-0.25, -0.2) is 0 Å². The molecular formula is C13H16BrNO3. The molecule has 1 fully saturated rings. The molecule has 1 aromatic rings. The molecule has 1 saturated carbocycles. The zero-order valence-corrected chi connectivity index (χ0v) is 11.5. The number of aliphatic hydroxyl groups excluding tert-OH is 1. The van der Waals surface area contributed by atoms with E-state index in [1.165, 1.54) is 6.08 Å². The van der Waals surface area contributed by atoms with Gasteiger partial charge in [-0.1, -0.05) is 0 Å². The summed E-state index contributed by atoms with van der Waals surface area (Å²) >= 11 is 3.20. The molecule has 0 aliphatic heterocycles. The summed E-state index contributed by atoms with van der Waals surface area (Å²) in [5.74, 6) is 0.514. The molecule has 1 aromatic heterocycles. The van der Waals surface area contributed by atoms with Crippen molar-refractivity contribution in [2.45, 2.75) is 37.8 Å². The van der Waals surface area contributed by atoms with Crippen LogP contribution in [-0.4, -0.2) is 23.2 Å². The first-order valence-corrected chi connectivity index (χ1v) is 6.85. The van der Waals surface area contributed by atoms with Crippen LogP contribution < -0.4 is 5.32 Å². The number of hydrogen-bond donors (Lipinski definition) is 2. The molecule has 0 atom stereocenters. The first-order valence-electron chi connectivity index (χ1n) is 6.05. The Kier molecular flexibility index (Phi) is 4.60. The number of nitrogens with one attached hydrogen (secondary N) is 1. The molecule has 2 N–H and O–H groups in total. The topological polar surface area (TPSA) is 62.5 Å². The van der Waals surface area contributed by atoms with Crippen molar-refractivity contribution in [1.29, 1.82) is 0 Å². The van der Waals surface area contributed by atoms with Gasteiger partial charge in [0.05, 0.1) is 6.10 Å². The van der Waals surface area contributed by atoms with Crippen molar-refractivity contribution in [2.75, 3.05) is 0 Å². The lowest BCUT2D eigenvalue weighted by Crippen LogP contribution is -2.37. The van der Waals surface area contributed by atoms with Crippen molar-refractivity contribution in [2.24, 2.45) is 0 Å². The van der Waals surface area contributed by atoms with Crippen molar-refractivity contribution in [3.8, 4) is 0 Å². The van der Waals surface area contributed by atoms with Crippen molar-refractivity contribution in [1.82, 2.24) is 5.32 Å². The molecule has 18 heavy (non-hydrogen) atoms. The molecule has 5 heteroatoms. The molecule has 1 heterocycles. The first-order chi connectivity index (χ1) is 8.63. The largest absolute Gasteiger partial charge is 0.450 e. The Balaban J connectivity index is 1.80. The van der Waals surface area contributed by atoms with E-state index in [0.717, 1.165) is 25.7 Å². The Morgan fingerprint density at radius 3 is 2.72 bits per heavy atom. The summed E-state index contributed by atoms with van der Waals surface area (Å²) in [6.45, 7) is 0. The van der Waals surface area contributed by atoms with Gasteiger partial charge in [-0.2, -0.15) is 0 Å². The van der Waals surface area contributed by atoms with E-state index in [1.807, 2.05) is 0 Å². The second-order valence-corrected chi connectivity index (χ2v) is 5.27. The second kappa shape index (κ2) is 6.20. The summed E-state index contributed by atoms with van der Waals surface area (Å²) in [5.41, 5.74) is 0. The number of halogens is 1. The summed E-state index contributed by atoms with van der Waals surface area (Å²) in [6, 6.07) is 3.74. The summed E-state index contributed by atoms with van der Waals surface area (Å²) in [6.07, 6.45) is 6.11. The van der Waals surface area contributed by atoms with Crippen LogP contribution in [0.2, 0.25) is 0 Å². The van der Waals surface area contributed by atoms with E-state index < -0.39 is 0 Å². The van der Waals surface area contributed by atoms with Gasteiger partial charge in [0.1, 0.15) is 5.76 Å². The molecule has 0 unspecified atom stereocenters. The summed E-state index contributed by atoms with van der Waals surface area (Å²) in [5, 5.41) is 12.3. The number of rotatable bonds is 3. The van der Waals surface area contributed by atoms with E-state index in [2.05, 4.69) is 21.2 Å². The van der Waals surface area contributed by atoms with Crippen LogP contribution in [-0.2, 0) is 4.79 Å². The van der Waals surface area contributed by atoms with Gasteiger partial charge < -0.3 is 14.8 Å². The molecule has 0 aromatic carbocycles. The van der Waals surface area contributed by atoms with E-state index in [0.29, 0.717) is 10.4 Å². The van der Waals surface area contributed by atoms with Crippen LogP contribution in [0.1, 0.15) is 31.4 Å². The van der Waals surface area contributed by atoms with Crippen molar-refractivity contribution in [3.63, 3.8) is 0 Å². The van der Waals surface area contributed by atoms with E-state index in [-0.39, 0.29) is 18.1 Å². The Labute approximate surface area is 114 Å². The quantitative estimate of drug-likeness (QED) is 0.843. The third-order valence-electron chi connectivity index (χ3n) is 3.04. The monoisotopic (exact) mass is 313 g/mol. The van der Waals surface area contributed by atoms with Gasteiger partial charge in [0.15, 0.2) is 4.67 Å². The highest BCUT2D eigenvalue weighted by Crippen LogP contribution is 2.18. The molecule has 0 saturated heterocycles. The maximum absolute atomic E-state index is 11.7. The molecule has 1 aliphatic rings. The molecule has 0 radical (unpaired) electrons. The van der Waals surface area contributed by atoms with Crippen LogP contribution in [0.25, 0.3) is 6.08 Å². The summed E-state index contributed by atoms with van der Waals surface area (Å²) in [7, 11) is 0.